The number of nitrogens with zero attached hydrogens (tertiary/aromatic N) is 6. The molecular weight excluding hydrogens is 422 g/mol. The van der Waals surface area contributed by atoms with Gasteiger partial charge in [-0.3, -0.25) is 4.79 Å². The fourth-order valence-corrected chi connectivity index (χ4v) is 4.08. The Kier molecular flexibility index (Phi) is 6.81. The molecule has 1 saturated carbocycles. The maximum atomic E-state index is 11.3. The number of carboxylic acid groups (broad SMARTS) is 1. The van der Waals surface area contributed by atoms with Gasteiger partial charge in [0.25, 0.3) is 0 Å². The Hall–Kier alpha value is -3.56. The second-order valence-electron chi connectivity index (χ2n) is 8.31. The van der Waals surface area contributed by atoms with Crippen LogP contribution in [-0.4, -0.2) is 47.1 Å². The number of hydrogen-bond acceptors (Lipinski definition) is 8. The first-order valence-electron chi connectivity index (χ1n) is 11.3. The fourth-order valence-electron chi connectivity index (χ4n) is 4.08. The van der Waals surface area contributed by atoms with Crippen molar-refractivity contribution in [2.75, 3.05) is 5.32 Å². The minimum Gasteiger partial charge on any atom is -0.489 e. The summed E-state index contributed by atoms with van der Waals surface area (Å²) in [4.78, 5) is 24.8. The van der Waals surface area contributed by atoms with Gasteiger partial charge < -0.3 is 15.2 Å². The van der Waals surface area contributed by atoms with Crippen molar-refractivity contribution in [3.8, 4) is 17.1 Å². The second kappa shape index (κ2) is 9.93. The van der Waals surface area contributed by atoms with Crippen molar-refractivity contribution in [3.63, 3.8) is 0 Å². The van der Waals surface area contributed by atoms with Crippen molar-refractivity contribution in [3.05, 3.63) is 41.5 Å². The van der Waals surface area contributed by atoms with Gasteiger partial charge in [0.05, 0.1) is 35.6 Å². The van der Waals surface area contributed by atoms with Crippen LogP contribution in [0, 0.1) is 12.8 Å². The highest BCUT2D eigenvalue weighted by molar-refractivity contribution is 5.70. The molecule has 3 heterocycles. The highest BCUT2D eigenvalue weighted by Crippen LogP contribution is 2.30. The summed E-state index contributed by atoms with van der Waals surface area (Å²) in [5.74, 6) is 0.140. The Morgan fingerprint density at radius 1 is 1.27 bits per heavy atom. The van der Waals surface area contributed by atoms with E-state index in [2.05, 4.69) is 32.5 Å². The maximum absolute atomic E-state index is 11.3. The first-order chi connectivity index (χ1) is 15.9. The van der Waals surface area contributed by atoms with Crippen molar-refractivity contribution in [2.24, 2.45) is 13.0 Å². The number of rotatable bonds is 8. The number of aliphatic carboxylic acids is 1. The predicted molar refractivity (Wildman–Crippen MR) is 122 cm³/mol. The summed E-state index contributed by atoms with van der Waals surface area (Å²) in [7, 11) is 1.84. The van der Waals surface area contributed by atoms with Gasteiger partial charge in [0.1, 0.15) is 11.4 Å². The molecule has 10 heteroatoms. The largest absolute Gasteiger partial charge is 0.489 e. The summed E-state index contributed by atoms with van der Waals surface area (Å²) < 4.78 is 7.83. The Morgan fingerprint density at radius 3 is 2.88 bits per heavy atom. The molecule has 0 aliphatic heterocycles. The quantitative estimate of drug-likeness (QED) is 0.530. The molecule has 0 unspecified atom stereocenters. The monoisotopic (exact) mass is 451 g/mol. The van der Waals surface area contributed by atoms with E-state index in [1.807, 2.05) is 32.2 Å². The Balaban J connectivity index is 1.48. The Labute approximate surface area is 192 Å². The molecule has 0 aromatic carbocycles. The smallest absolute Gasteiger partial charge is 0.306 e. The molecule has 3 aromatic rings. The van der Waals surface area contributed by atoms with Crippen LogP contribution < -0.4 is 10.1 Å². The molecule has 3 aromatic heterocycles. The summed E-state index contributed by atoms with van der Waals surface area (Å²) >= 11 is 0. The summed E-state index contributed by atoms with van der Waals surface area (Å²) in [6, 6.07) is 5.64. The Bertz CT molecular complexity index is 1130. The lowest BCUT2D eigenvalue weighted by atomic mass is 9.87. The molecule has 4 rings (SSSR count). The van der Waals surface area contributed by atoms with E-state index in [4.69, 9.17) is 9.72 Å². The topological polar surface area (TPSA) is 128 Å². The third-order valence-corrected chi connectivity index (χ3v) is 5.98. The zero-order valence-electron chi connectivity index (χ0n) is 19.2. The van der Waals surface area contributed by atoms with Gasteiger partial charge in [0, 0.05) is 18.9 Å². The van der Waals surface area contributed by atoms with Crippen molar-refractivity contribution in [1.82, 2.24) is 29.9 Å². The van der Waals surface area contributed by atoms with Crippen molar-refractivity contribution in [1.29, 1.82) is 0 Å². The summed E-state index contributed by atoms with van der Waals surface area (Å²) in [6.45, 7) is 4.38. The molecule has 2 atom stereocenters. The van der Waals surface area contributed by atoms with Gasteiger partial charge in [-0.2, -0.15) is 0 Å². The van der Waals surface area contributed by atoms with E-state index in [1.165, 1.54) is 0 Å². The summed E-state index contributed by atoms with van der Waals surface area (Å²) in [5, 5.41) is 21.0. The molecule has 2 N–H and O–H groups in total. The summed E-state index contributed by atoms with van der Waals surface area (Å²) in [5.41, 5.74) is 3.93. The first-order valence-corrected chi connectivity index (χ1v) is 11.3. The van der Waals surface area contributed by atoms with Gasteiger partial charge in [-0.05, 0) is 57.2 Å². The number of aromatic nitrogens is 6. The van der Waals surface area contributed by atoms with Crippen LogP contribution in [0.3, 0.4) is 0 Å². The van der Waals surface area contributed by atoms with E-state index in [9.17, 15) is 9.90 Å². The molecule has 1 fully saturated rings. The zero-order valence-corrected chi connectivity index (χ0v) is 19.2. The molecule has 174 valence electrons. The molecule has 0 spiro atoms. The van der Waals surface area contributed by atoms with Crippen molar-refractivity contribution in [2.45, 2.75) is 58.6 Å². The van der Waals surface area contributed by atoms with E-state index in [-0.39, 0.29) is 12.0 Å². The average molecular weight is 452 g/mol. The normalized spacial score (nSPS) is 18.2. The van der Waals surface area contributed by atoms with Crippen molar-refractivity contribution >= 4 is 11.9 Å². The molecule has 0 amide bonds. The number of anilines is 1. The van der Waals surface area contributed by atoms with Gasteiger partial charge in [-0.15, -0.1) is 5.10 Å². The molecule has 0 saturated heterocycles. The molecule has 1 aliphatic carbocycles. The van der Waals surface area contributed by atoms with E-state index >= 15 is 0 Å². The Morgan fingerprint density at radius 2 is 2.12 bits per heavy atom. The lowest BCUT2D eigenvalue weighted by Gasteiger charge is -2.27. The average Bonchev–Trinajstić information content (AvgIpc) is 3.19. The highest BCUT2D eigenvalue weighted by Gasteiger charge is 2.28. The molecule has 1 aliphatic rings. The maximum Gasteiger partial charge on any atom is 0.306 e. The van der Waals surface area contributed by atoms with E-state index < -0.39 is 5.97 Å². The number of hydrogen-bond donors (Lipinski definition) is 2. The van der Waals surface area contributed by atoms with Crippen LogP contribution in [0.25, 0.3) is 11.4 Å². The lowest BCUT2D eigenvalue weighted by Crippen LogP contribution is -2.29. The van der Waals surface area contributed by atoms with Gasteiger partial charge in [-0.1, -0.05) is 12.1 Å². The molecule has 10 nitrogen and oxygen atoms in total. The molecule has 0 bridgehead atoms. The van der Waals surface area contributed by atoms with Crippen LogP contribution in [0.5, 0.6) is 5.75 Å². The van der Waals surface area contributed by atoms with Crippen LogP contribution in [-0.2, 0) is 24.8 Å². The van der Waals surface area contributed by atoms with Gasteiger partial charge in [0.15, 0.2) is 0 Å². The SMILES string of the molecule is CCc1ccnc(NCc2c(-c3ccc(O[C@H]4CCC[C@H](C(=O)O)C4)c(C)n3)nnn2C)n1. The van der Waals surface area contributed by atoms with Gasteiger partial charge >= 0.3 is 5.97 Å². The third-order valence-electron chi connectivity index (χ3n) is 5.98. The van der Waals surface area contributed by atoms with E-state index in [0.717, 1.165) is 36.3 Å². The predicted octanol–water partition coefficient (Wildman–Crippen LogP) is 3.17. The van der Waals surface area contributed by atoms with Gasteiger partial charge in [-0.25, -0.2) is 19.6 Å². The number of carbonyl (C=O) groups is 1. The van der Waals surface area contributed by atoms with E-state index in [0.29, 0.717) is 42.5 Å². The third kappa shape index (κ3) is 5.27. The molecular formula is C23H29N7O3. The van der Waals surface area contributed by atoms with Crippen LogP contribution >= 0.6 is 0 Å². The van der Waals surface area contributed by atoms with Crippen molar-refractivity contribution < 1.29 is 14.6 Å². The standard InChI is InChI=1S/C23H29N7O3/c1-4-16-10-11-24-23(27-16)25-13-19-21(28-29-30(19)3)18-8-9-20(14(2)26-18)33-17-7-5-6-15(12-17)22(31)32/h8-11,15,17H,4-7,12-13H2,1-3H3,(H,31,32)(H,24,25,27)/t15-,17-/m0/s1. The number of ether oxygens (including phenoxy) is 1. The van der Waals surface area contributed by atoms with Crippen LogP contribution in [0.1, 0.15) is 49.7 Å². The highest BCUT2D eigenvalue weighted by atomic mass is 16.5. The molecule has 0 radical (unpaired) electrons. The molecule has 33 heavy (non-hydrogen) atoms. The summed E-state index contributed by atoms with van der Waals surface area (Å²) in [6.07, 6.45) is 5.41. The van der Waals surface area contributed by atoms with Crippen LogP contribution in [0.2, 0.25) is 0 Å². The zero-order chi connectivity index (χ0) is 23.4. The lowest BCUT2D eigenvalue weighted by molar-refractivity contribution is -0.143. The van der Waals surface area contributed by atoms with E-state index in [1.54, 1.807) is 10.9 Å². The van der Waals surface area contributed by atoms with Gasteiger partial charge in [0.2, 0.25) is 5.95 Å². The number of pyridine rings is 1. The second-order valence-corrected chi connectivity index (χ2v) is 8.31. The first kappa shape index (κ1) is 22.6. The minimum absolute atomic E-state index is 0.110. The fraction of sp³-hybridized carbons (Fsp3) is 0.478. The number of carboxylic acids is 1. The van der Waals surface area contributed by atoms with Crippen LogP contribution in [0.4, 0.5) is 5.95 Å². The number of aryl methyl sites for hydroxylation is 3. The van der Waals surface area contributed by atoms with Crippen LogP contribution in [0.15, 0.2) is 24.4 Å². The minimum atomic E-state index is -0.746. The number of nitrogens with one attached hydrogen (secondary N) is 1.